The van der Waals surface area contributed by atoms with Gasteiger partial charge in [0.05, 0.1) is 5.52 Å². The van der Waals surface area contributed by atoms with Crippen molar-refractivity contribution in [3.8, 4) is 0 Å². The van der Waals surface area contributed by atoms with Gasteiger partial charge in [-0.15, -0.1) is 11.3 Å². The Hall–Kier alpha value is -2.49. The lowest BCUT2D eigenvalue weighted by molar-refractivity contribution is -0.141. The molecule has 1 N–H and O–H groups in total. The minimum Gasteiger partial charge on any atom is -0.355 e. The van der Waals surface area contributed by atoms with Gasteiger partial charge in [-0.3, -0.25) is 14.2 Å². The molecule has 0 aliphatic heterocycles. The minimum absolute atomic E-state index is 0.106. The minimum atomic E-state index is -4.57. The van der Waals surface area contributed by atoms with E-state index in [1.165, 1.54) is 11.5 Å². The molecule has 0 bridgehead atoms. The van der Waals surface area contributed by atoms with Crippen LogP contribution in [0.15, 0.2) is 10.9 Å². The van der Waals surface area contributed by atoms with Crippen molar-refractivity contribution in [2.75, 3.05) is 6.54 Å². The second kappa shape index (κ2) is 6.91. The van der Waals surface area contributed by atoms with E-state index in [-0.39, 0.29) is 22.0 Å². The van der Waals surface area contributed by atoms with E-state index in [0.717, 1.165) is 23.8 Å². The lowest BCUT2D eigenvalue weighted by atomic mass is 10.1. The van der Waals surface area contributed by atoms with Crippen LogP contribution in [0.1, 0.15) is 30.4 Å². The zero-order valence-electron chi connectivity index (χ0n) is 14.9. The van der Waals surface area contributed by atoms with Crippen LogP contribution in [0.25, 0.3) is 20.4 Å². The van der Waals surface area contributed by atoms with E-state index in [4.69, 9.17) is 0 Å². The molecule has 10 heteroatoms. The van der Waals surface area contributed by atoms with Crippen LogP contribution < -0.4 is 10.9 Å². The molecule has 0 aliphatic rings. The first-order valence-corrected chi connectivity index (χ1v) is 9.10. The van der Waals surface area contributed by atoms with E-state index in [0.29, 0.717) is 28.8 Å². The fraction of sp³-hybridized carbons (Fsp3) is 0.412. The van der Waals surface area contributed by atoms with Gasteiger partial charge in [0.25, 0.3) is 5.56 Å². The van der Waals surface area contributed by atoms with Crippen molar-refractivity contribution in [2.45, 2.75) is 39.9 Å². The number of pyridine rings is 1. The van der Waals surface area contributed by atoms with Crippen molar-refractivity contribution in [3.05, 3.63) is 33.5 Å². The maximum atomic E-state index is 13.0. The normalized spacial score (nSPS) is 12.1. The van der Waals surface area contributed by atoms with Crippen molar-refractivity contribution in [2.24, 2.45) is 0 Å². The lowest BCUT2D eigenvalue weighted by Crippen LogP contribution is -2.34. The van der Waals surface area contributed by atoms with Gasteiger partial charge in [-0.05, 0) is 31.9 Å². The fourth-order valence-corrected chi connectivity index (χ4v) is 3.94. The van der Waals surface area contributed by atoms with Crippen LogP contribution in [0.2, 0.25) is 0 Å². The molecule has 0 aliphatic carbocycles. The molecular weight excluding hydrogens is 381 g/mol. The molecule has 3 aromatic heterocycles. The smallest absolute Gasteiger partial charge is 0.355 e. The Morgan fingerprint density at radius 1 is 1.30 bits per heavy atom. The second-order valence-electron chi connectivity index (χ2n) is 6.18. The molecule has 0 spiro atoms. The first-order chi connectivity index (χ1) is 12.6. The highest BCUT2D eigenvalue weighted by Crippen LogP contribution is 2.36. The topological polar surface area (TPSA) is 76.9 Å². The number of amides is 1. The molecule has 27 heavy (non-hydrogen) atoms. The van der Waals surface area contributed by atoms with Crippen LogP contribution in [0.3, 0.4) is 0 Å². The summed E-state index contributed by atoms with van der Waals surface area (Å²) in [6.07, 6.45) is -3.81. The summed E-state index contributed by atoms with van der Waals surface area (Å²) in [5.74, 6) is -0.00359. The monoisotopic (exact) mass is 398 g/mol. The van der Waals surface area contributed by atoms with E-state index in [1.807, 2.05) is 6.92 Å². The molecule has 144 valence electrons. The van der Waals surface area contributed by atoms with E-state index in [9.17, 15) is 22.8 Å². The lowest BCUT2D eigenvalue weighted by Gasteiger charge is -2.10. The number of aryl methyl sites for hydroxylation is 2. The Balaban J connectivity index is 2.19. The number of nitrogens with zero attached hydrogens (tertiary/aromatic N) is 3. The quantitative estimate of drug-likeness (QED) is 0.732. The summed E-state index contributed by atoms with van der Waals surface area (Å²) in [5, 5.41) is 3.12. The van der Waals surface area contributed by atoms with Crippen molar-refractivity contribution in [3.63, 3.8) is 0 Å². The standard InChI is InChI=1S/C17H17F3N4O2S/c1-4-5-21-11(25)7-24-9(3)22-13-12-8(2)6-10(17(18,19)20)23-15(12)27-14(13)16(24)26/h6H,4-5,7H2,1-3H3,(H,21,25). The van der Waals surface area contributed by atoms with Gasteiger partial charge >= 0.3 is 6.18 Å². The van der Waals surface area contributed by atoms with Gasteiger partial charge < -0.3 is 5.32 Å². The van der Waals surface area contributed by atoms with Gasteiger partial charge in [-0.25, -0.2) is 9.97 Å². The number of nitrogens with one attached hydrogen (secondary N) is 1. The van der Waals surface area contributed by atoms with Gasteiger partial charge in [-0.1, -0.05) is 6.92 Å². The maximum Gasteiger partial charge on any atom is 0.433 e. The summed E-state index contributed by atoms with van der Waals surface area (Å²) < 4.78 is 40.5. The number of hydrogen-bond donors (Lipinski definition) is 1. The fourth-order valence-electron chi connectivity index (χ4n) is 2.80. The van der Waals surface area contributed by atoms with E-state index in [2.05, 4.69) is 15.3 Å². The van der Waals surface area contributed by atoms with Crippen LogP contribution in [0.4, 0.5) is 13.2 Å². The third-order valence-corrected chi connectivity index (χ3v) is 5.16. The highest BCUT2D eigenvalue weighted by molar-refractivity contribution is 7.25. The SMILES string of the molecule is CCCNC(=O)Cn1c(C)nc2c(sc3nc(C(F)(F)F)cc(C)c32)c1=O. The summed E-state index contributed by atoms with van der Waals surface area (Å²) in [7, 11) is 0. The summed E-state index contributed by atoms with van der Waals surface area (Å²) in [4.78, 5) is 32.9. The molecule has 0 radical (unpaired) electrons. The van der Waals surface area contributed by atoms with Gasteiger partial charge in [0.15, 0.2) is 0 Å². The number of halogens is 3. The number of aromatic nitrogens is 3. The van der Waals surface area contributed by atoms with Crippen molar-refractivity contribution >= 4 is 37.7 Å². The summed E-state index contributed by atoms with van der Waals surface area (Å²) in [5.41, 5.74) is -0.792. The summed E-state index contributed by atoms with van der Waals surface area (Å²) in [6, 6.07) is 0.954. The first kappa shape index (κ1) is 19.3. The average molecular weight is 398 g/mol. The average Bonchev–Trinajstić information content (AvgIpc) is 2.95. The van der Waals surface area contributed by atoms with Crippen molar-refractivity contribution < 1.29 is 18.0 Å². The zero-order chi connectivity index (χ0) is 19.9. The molecule has 0 saturated heterocycles. The maximum absolute atomic E-state index is 13.0. The molecule has 3 heterocycles. The van der Waals surface area contributed by atoms with Crippen molar-refractivity contribution in [1.29, 1.82) is 0 Å². The van der Waals surface area contributed by atoms with Crippen molar-refractivity contribution in [1.82, 2.24) is 19.9 Å². The second-order valence-corrected chi connectivity index (χ2v) is 7.18. The number of thiophene rings is 1. The number of carbonyl (C=O) groups excluding carboxylic acids is 1. The largest absolute Gasteiger partial charge is 0.433 e. The van der Waals surface area contributed by atoms with Crippen LogP contribution in [0, 0.1) is 13.8 Å². The highest BCUT2D eigenvalue weighted by Gasteiger charge is 2.33. The molecular formula is C17H17F3N4O2S. The summed E-state index contributed by atoms with van der Waals surface area (Å²) >= 11 is 0.862. The van der Waals surface area contributed by atoms with Gasteiger partial charge in [-0.2, -0.15) is 13.2 Å². The Bertz CT molecular complexity index is 1100. The Morgan fingerprint density at radius 3 is 2.63 bits per heavy atom. The number of carbonyl (C=O) groups is 1. The molecule has 0 fully saturated rings. The molecule has 6 nitrogen and oxygen atoms in total. The Labute approximate surface area is 156 Å². The third kappa shape index (κ3) is 3.53. The molecule has 0 atom stereocenters. The number of alkyl halides is 3. The predicted octanol–water partition coefficient (Wildman–Crippen LogP) is 3.17. The van der Waals surface area contributed by atoms with Gasteiger partial charge in [0.1, 0.15) is 27.6 Å². The number of rotatable bonds is 4. The van der Waals surface area contributed by atoms with E-state index >= 15 is 0 Å². The number of hydrogen-bond acceptors (Lipinski definition) is 5. The predicted molar refractivity (Wildman–Crippen MR) is 97.0 cm³/mol. The molecule has 0 aromatic carbocycles. The highest BCUT2D eigenvalue weighted by atomic mass is 32.1. The summed E-state index contributed by atoms with van der Waals surface area (Å²) in [6.45, 7) is 5.33. The molecule has 3 rings (SSSR count). The molecule has 0 unspecified atom stereocenters. The Kier molecular flexibility index (Phi) is 4.94. The number of fused-ring (bicyclic) bond motifs is 3. The van der Waals surface area contributed by atoms with Crippen LogP contribution in [-0.4, -0.2) is 27.0 Å². The Morgan fingerprint density at radius 2 is 2.00 bits per heavy atom. The molecule has 1 amide bonds. The van der Waals surface area contributed by atoms with Gasteiger partial charge in [0.2, 0.25) is 5.91 Å². The van der Waals surface area contributed by atoms with Crippen LogP contribution >= 0.6 is 11.3 Å². The van der Waals surface area contributed by atoms with E-state index in [1.54, 1.807) is 6.92 Å². The third-order valence-electron chi connectivity index (χ3n) is 4.10. The molecule has 3 aromatic rings. The van der Waals surface area contributed by atoms with Crippen LogP contribution in [-0.2, 0) is 17.5 Å². The van der Waals surface area contributed by atoms with E-state index < -0.39 is 17.4 Å². The first-order valence-electron chi connectivity index (χ1n) is 8.28. The van der Waals surface area contributed by atoms with Gasteiger partial charge in [0, 0.05) is 11.9 Å². The molecule has 0 saturated carbocycles. The van der Waals surface area contributed by atoms with Crippen LogP contribution in [0.5, 0.6) is 0 Å². The zero-order valence-corrected chi connectivity index (χ0v) is 15.7.